The van der Waals surface area contributed by atoms with Gasteiger partial charge in [-0.1, -0.05) is 23.2 Å². The lowest BCUT2D eigenvalue weighted by Crippen LogP contribution is -2.05. The molecule has 0 N–H and O–H groups in total. The molecule has 0 bridgehead atoms. The Kier molecular flexibility index (Phi) is 2.53. The zero-order chi connectivity index (χ0) is 11.1. The number of aryl methyl sites for hydroxylation is 1. The maximum atomic E-state index is 6.22. The third-order valence-electron chi connectivity index (χ3n) is 3.22. The zero-order valence-corrected chi connectivity index (χ0v) is 10.3. The molecule has 3 heteroatoms. The van der Waals surface area contributed by atoms with E-state index in [0.29, 0.717) is 5.15 Å². The summed E-state index contributed by atoms with van der Waals surface area (Å²) in [5.41, 5.74) is 3.53. The van der Waals surface area contributed by atoms with Gasteiger partial charge < -0.3 is 0 Å². The summed E-state index contributed by atoms with van der Waals surface area (Å²) in [5, 5.41) is 2.61. The highest BCUT2D eigenvalue weighted by atomic mass is 35.5. The first-order valence-electron chi connectivity index (χ1n) is 5.52. The van der Waals surface area contributed by atoms with Crippen LogP contribution in [0.2, 0.25) is 10.2 Å². The lowest BCUT2D eigenvalue weighted by Gasteiger charge is -2.18. The van der Waals surface area contributed by atoms with Gasteiger partial charge in [0.1, 0.15) is 5.15 Å². The average Bonchev–Trinajstić information content (AvgIpc) is 2.31. The molecule has 0 saturated heterocycles. The van der Waals surface area contributed by atoms with Crippen molar-refractivity contribution in [3.63, 3.8) is 0 Å². The quantitative estimate of drug-likeness (QED) is 0.632. The van der Waals surface area contributed by atoms with Gasteiger partial charge >= 0.3 is 0 Å². The molecule has 1 aromatic heterocycles. The van der Waals surface area contributed by atoms with E-state index < -0.39 is 0 Å². The van der Waals surface area contributed by atoms with E-state index in [1.165, 1.54) is 29.4 Å². The molecule has 1 heterocycles. The van der Waals surface area contributed by atoms with Gasteiger partial charge in [0.2, 0.25) is 0 Å². The Morgan fingerprint density at radius 3 is 2.56 bits per heavy atom. The van der Waals surface area contributed by atoms with Crippen LogP contribution in [0.5, 0.6) is 0 Å². The summed E-state index contributed by atoms with van der Waals surface area (Å²) in [6.45, 7) is 0. The van der Waals surface area contributed by atoms with Crippen molar-refractivity contribution in [1.82, 2.24) is 4.98 Å². The second-order valence-corrected chi connectivity index (χ2v) is 5.02. The molecular weight excluding hydrogens is 241 g/mol. The van der Waals surface area contributed by atoms with Gasteiger partial charge in [-0.3, -0.25) is 0 Å². The molecular formula is C13H11Cl2N. The number of nitrogens with zero attached hydrogens (tertiary/aromatic N) is 1. The summed E-state index contributed by atoms with van der Waals surface area (Å²) in [5.74, 6) is 0. The molecule has 2 aromatic rings. The Morgan fingerprint density at radius 1 is 1.00 bits per heavy atom. The number of pyridine rings is 1. The Balaban J connectivity index is 2.38. The number of aromatic nitrogens is 1. The highest BCUT2D eigenvalue weighted by molar-refractivity contribution is 6.32. The van der Waals surface area contributed by atoms with E-state index in [0.717, 1.165) is 23.4 Å². The number of halogens is 2. The SMILES string of the molecule is Clc1ccc2nc(Cl)c3c(c2c1)CCCC3. The molecule has 3 rings (SSSR count). The predicted molar refractivity (Wildman–Crippen MR) is 68.4 cm³/mol. The molecule has 16 heavy (non-hydrogen) atoms. The zero-order valence-electron chi connectivity index (χ0n) is 8.76. The van der Waals surface area contributed by atoms with Crippen molar-refractivity contribution in [1.29, 1.82) is 0 Å². The molecule has 82 valence electrons. The first-order chi connectivity index (χ1) is 7.75. The van der Waals surface area contributed by atoms with Crippen LogP contribution < -0.4 is 0 Å². The van der Waals surface area contributed by atoms with E-state index in [-0.39, 0.29) is 0 Å². The van der Waals surface area contributed by atoms with Crippen molar-refractivity contribution >= 4 is 34.1 Å². The maximum absolute atomic E-state index is 6.22. The van der Waals surface area contributed by atoms with Gasteiger partial charge in [0.15, 0.2) is 0 Å². The average molecular weight is 252 g/mol. The Labute approximate surface area is 104 Å². The van der Waals surface area contributed by atoms with Gasteiger partial charge in [0.05, 0.1) is 5.52 Å². The summed E-state index contributed by atoms with van der Waals surface area (Å²) < 4.78 is 0. The van der Waals surface area contributed by atoms with Gasteiger partial charge in [-0.15, -0.1) is 0 Å². The van der Waals surface area contributed by atoms with Gasteiger partial charge in [0.25, 0.3) is 0 Å². The molecule has 0 aliphatic heterocycles. The van der Waals surface area contributed by atoms with Crippen LogP contribution in [0.3, 0.4) is 0 Å². The molecule has 0 spiro atoms. The Morgan fingerprint density at radius 2 is 1.75 bits per heavy atom. The minimum Gasteiger partial charge on any atom is -0.236 e. The van der Waals surface area contributed by atoms with Gasteiger partial charge in [-0.05, 0) is 55.0 Å². The van der Waals surface area contributed by atoms with Crippen molar-refractivity contribution in [3.05, 3.63) is 39.5 Å². The lowest BCUT2D eigenvalue weighted by molar-refractivity contribution is 0.687. The van der Waals surface area contributed by atoms with Crippen LogP contribution >= 0.6 is 23.2 Å². The molecule has 1 nitrogen and oxygen atoms in total. The summed E-state index contributed by atoms with van der Waals surface area (Å²) in [4.78, 5) is 4.44. The van der Waals surface area contributed by atoms with E-state index >= 15 is 0 Å². The third kappa shape index (κ3) is 1.59. The predicted octanol–water partition coefficient (Wildman–Crippen LogP) is 4.42. The summed E-state index contributed by atoms with van der Waals surface area (Å²) >= 11 is 12.3. The lowest BCUT2D eigenvalue weighted by atomic mass is 9.90. The third-order valence-corrected chi connectivity index (χ3v) is 3.77. The first kappa shape index (κ1) is 10.4. The summed E-state index contributed by atoms with van der Waals surface area (Å²) in [6.07, 6.45) is 4.58. The van der Waals surface area contributed by atoms with E-state index in [2.05, 4.69) is 4.98 Å². The summed E-state index contributed by atoms with van der Waals surface area (Å²) in [6, 6.07) is 5.81. The van der Waals surface area contributed by atoms with Gasteiger partial charge in [-0.2, -0.15) is 0 Å². The Hall–Kier alpha value is -0.790. The molecule has 0 amide bonds. The van der Waals surface area contributed by atoms with Gasteiger partial charge in [0, 0.05) is 10.4 Å². The van der Waals surface area contributed by atoms with Crippen molar-refractivity contribution in [2.24, 2.45) is 0 Å². The van der Waals surface area contributed by atoms with Crippen molar-refractivity contribution in [3.8, 4) is 0 Å². The monoisotopic (exact) mass is 251 g/mol. The van der Waals surface area contributed by atoms with Crippen molar-refractivity contribution in [2.45, 2.75) is 25.7 Å². The molecule has 0 unspecified atom stereocenters. The Bertz CT molecular complexity index is 563. The standard InChI is InChI=1S/C13H11Cl2N/c14-8-5-6-12-11(7-8)9-3-1-2-4-10(9)13(15)16-12/h5-7H,1-4H2. The topological polar surface area (TPSA) is 12.9 Å². The molecule has 0 saturated carbocycles. The largest absolute Gasteiger partial charge is 0.236 e. The first-order valence-corrected chi connectivity index (χ1v) is 6.28. The van der Waals surface area contributed by atoms with Crippen LogP contribution in [0.4, 0.5) is 0 Å². The van der Waals surface area contributed by atoms with Crippen molar-refractivity contribution in [2.75, 3.05) is 0 Å². The number of benzene rings is 1. The van der Waals surface area contributed by atoms with Gasteiger partial charge in [-0.25, -0.2) is 4.98 Å². The second kappa shape index (κ2) is 3.90. The number of hydrogen-bond acceptors (Lipinski definition) is 1. The van der Waals surface area contributed by atoms with E-state index in [1.807, 2.05) is 18.2 Å². The van der Waals surface area contributed by atoms with E-state index in [1.54, 1.807) is 0 Å². The fourth-order valence-electron chi connectivity index (χ4n) is 2.45. The highest BCUT2D eigenvalue weighted by Gasteiger charge is 2.17. The van der Waals surface area contributed by atoms with Crippen LogP contribution in [0.1, 0.15) is 24.0 Å². The normalized spacial score (nSPS) is 15.1. The molecule has 0 atom stereocenters. The van der Waals surface area contributed by atoms with E-state index in [4.69, 9.17) is 23.2 Å². The summed E-state index contributed by atoms with van der Waals surface area (Å²) in [7, 11) is 0. The minimum absolute atomic E-state index is 0.671. The van der Waals surface area contributed by atoms with Crippen LogP contribution in [-0.4, -0.2) is 4.98 Å². The van der Waals surface area contributed by atoms with Crippen LogP contribution in [0, 0.1) is 0 Å². The highest BCUT2D eigenvalue weighted by Crippen LogP contribution is 2.33. The second-order valence-electron chi connectivity index (χ2n) is 4.23. The minimum atomic E-state index is 0.671. The number of fused-ring (bicyclic) bond motifs is 3. The fourth-order valence-corrected chi connectivity index (χ4v) is 2.92. The number of hydrogen-bond donors (Lipinski definition) is 0. The fraction of sp³-hybridized carbons (Fsp3) is 0.308. The van der Waals surface area contributed by atoms with Crippen LogP contribution in [0.15, 0.2) is 18.2 Å². The van der Waals surface area contributed by atoms with Crippen LogP contribution in [0.25, 0.3) is 10.9 Å². The molecule has 1 aromatic carbocycles. The molecule has 1 aliphatic carbocycles. The van der Waals surface area contributed by atoms with Crippen LogP contribution in [-0.2, 0) is 12.8 Å². The number of rotatable bonds is 0. The molecule has 0 fully saturated rings. The van der Waals surface area contributed by atoms with E-state index in [9.17, 15) is 0 Å². The maximum Gasteiger partial charge on any atom is 0.133 e. The molecule has 0 radical (unpaired) electrons. The smallest absolute Gasteiger partial charge is 0.133 e. The van der Waals surface area contributed by atoms with Crippen molar-refractivity contribution < 1.29 is 0 Å². The molecule has 1 aliphatic rings.